The average molecular weight is 437 g/mol. The number of nitrogens with one attached hydrogen (secondary N) is 1. The molecule has 0 bridgehead atoms. The number of ether oxygens (including phenoxy) is 1. The van der Waals surface area contributed by atoms with Gasteiger partial charge in [0.05, 0.1) is 13.5 Å². The summed E-state index contributed by atoms with van der Waals surface area (Å²) < 4.78 is 5.27. The number of carbonyl (C=O) groups is 4. The monoisotopic (exact) mass is 437 g/mol. The third kappa shape index (κ3) is 4.94. The summed E-state index contributed by atoms with van der Waals surface area (Å²) >= 11 is 0. The van der Waals surface area contributed by atoms with E-state index >= 15 is 0 Å². The Bertz CT molecular complexity index is 1080. The Balaban J connectivity index is 2.02. The van der Waals surface area contributed by atoms with E-state index in [1.165, 1.54) is 24.2 Å². The maximum atomic E-state index is 13.0. The number of rotatable bonds is 7. The highest BCUT2D eigenvalue weighted by Gasteiger charge is 2.39. The zero-order chi connectivity index (χ0) is 23.3. The van der Waals surface area contributed by atoms with Gasteiger partial charge in [-0.15, -0.1) is 0 Å². The van der Waals surface area contributed by atoms with Gasteiger partial charge in [0.25, 0.3) is 5.91 Å². The molecule has 0 aliphatic carbocycles. The number of methoxy groups -OCH3 is 1. The molecular formula is C23H23N3O6. The second-order valence-corrected chi connectivity index (χ2v) is 7.10. The zero-order valence-electron chi connectivity index (χ0n) is 17.6. The maximum Gasteiger partial charge on any atom is 0.323 e. The number of anilines is 1. The smallest absolute Gasteiger partial charge is 0.323 e. The van der Waals surface area contributed by atoms with Gasteiger partial charge in [-0.25, -0.2) is 4.79 Å². The quantitative estimate of drug-likeness (QED) is 0.642. The molecule has 0 spiro atoms. The van der Waals surface area contributed by atoms with Gasteiger partial charge in [-0.3, -0.25) is 19.3 Å². The first-order valence-corrected chi connectivity index (χ1v) is 9.84. The van der Waals surface area contributed by atoms with Crippen LogP contribution in [-0.4, -0.2) is 60.4 Å². The van der Waals surface area contributed by atoms with Crippen molar-refractivity contribution in [3.05, 3.63) is 60.8 Å². The molecule has 0 fully saturated rings. The van der Waals surface area contributed by atoms with Crippen molar-refractivity contribution in [2.75, 3.05) is 25.6 Å². The first-order chi connectivity index (χ1) is 15.3. The topological polar surface area (TPSA) is 116 Å². The fourth-order valence-corrected chi connectivity index (χ4v) is 3.29. The first-order valence-electron chi connectivity index (χ1n) is 9.84. The fraction of sp³-hybridized carbons (Fsp3) is 0.217. The normalized spacial score (nSPS) is 15.4. The lowest BCUT2D eigenvalue weighted by atomic mass is 10.0. The average Bonchev–Trinajstić information content (AvgIpc) is 2.79. The number of aliphatic carboxylic acids is 1. The molecule has 2 aromatic rings. The Kier molecular flexibility index (Phi) is 6.89. The molecule has 1 aliphatic heterocycles. The van der Waals surface area contributed by atoms with Gasteiger partial charge >= 0.3 is 12.0 Å². The standard InChI is InChI=1S/C23H23N3O6/c1-25-12-10-19(27)21(22(25)30)26(23(31)24-11-9-20(28)29)17-7-3-5-15(13-17)16-6-4-8-18(14-16)32-2/h3-8,10,12-14,21H,9,11H2,1-2H3,(H,24,31)(H,28,29)/t21-/m0/s1. The number of carboxylic acids is 1. The Hall–Kier alpha value is -4.14. The molecule has 1 heterocycles. The SMILES string of the molecule is COc1cccc(-c2cccc(N(C(=O)NCCC(=O)O)[C@H]3C(=O)C=CN(C)C3=O)c2)c1. The van der Waals surface area contributed by atoms with Crippen LogP contribution in [0.5, 0.6) is 5.75 Å². The molecule has 32 heavy (non-hydrogen) atoms. The van der Waals surface area contributed by atoms with E-state index in [0.29, 0.717) is 11.4 Å². The molecule has 0 unspecified atom stereocenters. The summed E-state index contributed by atoms with van der Waals surface area (Å²) in [6.45, 7) is -0.152. The summed E-state index contributed by atoms with van der Waals surface area (Å²) in [5, 5.41) is 11.3. The minimum absolute atomic E-state index is 0.152. The Morgan fingerprint density at radius 2 is 1.81 bits per heavy atom. The molecule has 0 saturated carbocycles. The molecule has 0 aromatic heterocycles. The van der Waals surface area contributed by atoms with E-state index in [2.05, 4.69) is 5.32 Å². The van der Waals surface area contributed by atoms with Crippen LogP contribution >= 0.6 is 0 Å². The van der Waals surface area contributed by atoms with Gasteiger partial charge in [0, 0.05) is 31.6 Å². The van der Waals surface area contributed by atoms with E-state index in [1.54, 1.807) is 31.4 Å². The molecule has 2 aromatic carbocycles. The third-order valence-corrected chi connectivity index (χ3v) is 4.93. The summed E-state index contributed by atoms with van der Waals surface area (Å²) in [6.07, 6.45) is 2.28. The highest BCUT2D eigenvalue weighted by Crippen LogP contribution is 2.29. The molecule has 1 aliphatic rings. The van der Waals surface area contributed by atoms with Gasteiger partial charge in [-0.1, -0.05) is 24.3 Å². The van der Waals surface area contributed by atoms with E-state index in [4.69, 9.17) is 9.84 Å². The number of likely N-dealkylation sites (N-methyl/N-ethyl adjacent to an activating group) is 1. The van der Waals surface area contributed by atoms with Crippen molar-refractivity contribution in [1.29, 1.82) is 0 Å². The first kappa shape index (κ1) is 22.5. The van der Waals surface area contributed by atoms with Gasteiger partial charge in [0.15, 0.2) is 11.8 Å². The minimum Gasteiger partial charge on any atom is -0.497 e. The van der Waals surface area contributed by atoms with E-state index in [0.717, 1.165) is 16.0 Å². The number of ketones is 1. The molecule has 3 rings (SSSR count). The molecule has 2 N–H and O–H groups in total. The third-order valence-electron chi connectivity index (χ3n) is 4.93. The lowest BCUT2D eigenvalue weighted by Crippen LogP contribution is -2.57. The summed E-state index contributed by atoms with van der Waals surface area (Å²) in [7, 11) is 3.05. The number of amides is 3. The van der Waals surface area contributed by atoms with E-state index < -0.39 is 29.7 Å². The number of hydrogen-bond donors (Lipinski definition) is 2. The Morgan fingerprint density at radius 1 is 1.12 bits per heavy atom. The highest BCUT2D eigenvalue weighted by atomic mass is 16.5. The van der Waals surface area contributed by atoms with Gasteiger partial charge in [0.2, 0.25) is 0 Å². The van der Waals surface area contributed by atoms with Crippen molar-refractivity contribution in [2.24, 2.45) is 0 Å². The van der Waals surface area contributed by atoms with Crippen LogP contribution in [0.1, 0.15) is 6.42 Å². The summed E-state index contributed by atoms with van der Waals surface area (Å²) in [4.78, 5) is 51.6. The summed E-state index contributed by atoms with van der Waals surface area (Å²) in [5.41, 5.74) is 1.87. The number of benzene rings is 2. The number of hydrogen-bond acceptors (Lipinski definition) is 5. The number of urea groups is 1. The lowest BCUT2D eigenvalue weighted by Gasteiger charge is -2.33. The largest absolute Gasteiger partial charge is 0.497 e. The second-order valence-electron chi connectivity index (χ2n) is 7.10. The van der Waals surface area contributed by atoms with Gasteiger partial charge in [-0.05, 0) is 35.4 Å². The van der Waals surface area contributed by atoms with Gasteiger partial charge in [-0.2, -0.15) is 0 Å². The number of nitrogens with zero attached hydrogens (tertiary/aromatic N) is 2. The second kappa shape index (κ2) is 9.78. The lowest BCUT2D eigenvalue weighted by molar-refractivity contribution is -0.137. The highest BCUT2D eigenvalue weighted by molar-refractivity contribution is 6.19. The van der Waals surface area contributed by atoms with Gasteiger partial charge < -0.3 is 20.1 Å². The maximum absolute atomic E-state index is 13.0. The summed E-state index contributed by atoms with van der Waals surface area (Å²) in [5.74, 6) is -1.55. The molecule has 166 valence electrons. The van der Waals surface area contributed by atoms with E-state index in [-0.39, 0.29) is 13.0 Å². The molecular weight excluding hydrogens is 414 g/mol. The van der Waals surface area contributed by atoms with E-state index in [9.17, 15) is 19.2 Å². The van der Waals surface area contributed by atoms with Crippen LogP contribution in [0.3, 0.4) is 0 Å². The predicted octanol–water partition coefficient (Wildman–Crippen LogP) is 2.28. The van der Waals surface area contributed by atoms with Crippen molar-refractivity contribution in [3.63, 3.8) is 0 Å². The number of carboxylic acid groups (broad SMARTS) is 1. The van der Waals surface area contributed by atoms with Crippen LogP contribution in [0.2, 0.25) is 0 Å². The van der Waals surface area contributed by atoms with Crippen molar-refractivity contribution in [1.82, 2.24) is 10.2 Å². The van der Waals surface area contributed by atoms with Crippen molar-refractivity contribution in [3.8, 4) is 16.9 Å². The van der Waals surface area contributed by atoms with Crippen LogP contribution in [-0.2, 0) is 14.4 Å². The van der Waals surface area contributed by atoms with Crippen molar-refractivity contribution in [2.45, 2.75) is 12.5 Å². The van der Waals surface area contributed by atoms with Crippen LogP contribution in [0.4, 0.5) is 10.5 Å². The molecule has 9 heteroatoms. The Morgan fingerprint density at radius 3 is 2.50 bits per heavy atom. The molecule has 1 atom stereocenters. The Labute approximate surface area is 184 Å². The molecule has 9 nitrogen and oxygen atoms in total. The van der Waals surface area contributed by atoms with Crippen LogP contribution in [0, 0.1) is 0 Å². The zero-order valence-corrected chi connectivity index (χ0v) is 17.6. The predicted molar refractivity (Wildman–Crippen MR) is 117 cm³/mol. The summed E-state index contributed by atoms with van der Waals surface area (Å²) in [6, 6.07) is 12.0. The van der Waals surface area contributed by atoms with Gasteiger partial charge in [0.1, 0.15) is 5.75 Å². The fourth-order valence-electron chi connectivity index (χ4n) is 3.29. The van der Waals surface area contributed by atoms with Crippen LogP contribution in [0.25, 0.3) is 11.1 Å². The van der Waals surface area contributed by atoms with Crippen molar-refractivity contribution >= 4 is 29.4 Å². The minimum atomic E-state index is -1.41. The van der Waals surface area contributed by atoms with Crippen LogP contribution in [0.15, 0.2) is 60.8 Å². The van der Waals surface area contributed by atoms with Crippen LogP contribution < -0.4 is 15.0 Å². The molecule has 0 saturated heterocycles. The van der Waals surface area contributed by atoms with E-state index in [1.807, 2.05) is 24.3 Å². The molecule has 3 amide bonds. The number of carbonyl (C=O) groups excluding carboxylic acids is 3. The van der Waals surface area contributed by atoms with Crippen molar-refractivity contribution < 1.29 is 29.0 Å². The molecule has 0 radical (unpaired) electrons.